The van der Waals surface area contributed by atoms with E-state index in [0.717, 1.165) is 37.8 Å². The minimum atomic E-state index is -0.997. The fourth-order valence-electron chi connectivity index (χ4n) is 3.00. The number of carbonyl (C=O) groups is 1. The molecular weight excluding hydrogens is 350 g/mol. The van der Waals surface area contributed by atoms with E-state index >= 15 is 0 Å². The van der Waals surface area contributed by atoms with Crippen LogP contribution in [0.3, 0.4) is 0 Å². The fourth-order valence-corrected chi connectivity index (χ4v) is 3.00. The molecule has 6 N–H and O–H groups in total. The van der Waals surface area contributed by atoms with Crippen LogP contribution in [0.5, 0.6) is 0 Å². The first-order valence-corrected chi connectivity index (χ1v) is 10.3. The Morgan fingerprint density at radius 2 is 1.96 bits per heavy atom. The number of para-hydroxylation sites is 1. The summed E-state index contributed by atoms with van der Waals surface area (Å²) in [5.74, 6) is -0.222. The normalized spacial score (nSPS) is 15.1. The first kappa shape index (κ1) is 23.9. The number of rotatable bonds is 14. The number of carboxylic acids is 1. The summed E-state index contributed by atoms with van der Waals surface area (Å²) in [6, 6.07) is 7.54. The van der Waals surface area contributed by atoms with E-state index in [0.29, 0.717) is 24.6 Å². The van der Waals surface area contributed by atoms with E-state index in [9.17, 15) is 9.90 Å². The Kier molecular flexibility index (Phi) is 11.2. The van der Waals surface area contributed by atoms with Gasteiger partial charge in [0.1, 0.15) is 5.54 Å². The lowest BCUT2D eigenvalue weighted by Gasteiger charge is -2.24. The van der Waals surface area contributed by atoms with Crippen LogP contribution in [0, 0.1) is 5.92 Å². The molecule has 1 rings (SSSR count). The Labute approximate surface area is 169 Å². The van der Waals surface area contributed by atoms with Crippen molar-refractivity contribution in [3.8, 4) is 0 Å². The van der Waals surface area contributed by atoms with Gasteiger partial charge in [0.15, 0.2) is 0 Å². The summed E-state index contributed by atoms with van der Waals surface area (Å²) >= 11 is 0. The fraction of sp³-hybridized carbons (Fsp3) is 0.522. The molecule has 0 aliphatic rings. The third-order valence-electron chi connectivity index (χ3n) is 5.18. The first-order chi connectivity index (χ1) is 13.4. The number of aliphatic carboxylic acids is 1. The van der Waals surface area contributed by atoms with Crippen LogP contribution in [0.25, 0.3) is 6.08 Å². The van der Waals surface area contributed by atoms with Crippen molar-refractivity contribution in [3.05, 3.63) is 48.1 Å². The largest absolute Gasteiger partial charge is 0.480 e. The zero-order valence-electron chi connectivity index (χ0n) is 17.4. The zero-order valence-corrected chi connectivity index (χ0v) is 17.4. The number of unbranched alkanes of at least 4 members (excludes halogenated alkanes) is 1. The summed E-state index contributed by atoms with van der Waals surface area (Å²) in [7, 11) is 0. The average molecular weight is 388 g/mol. The van der Waals surface area contributed by atoms with Gasteiger partial charge >= 0.3 is 5.97 Å². The molecule has 0 aliphatic heterocycles. The lowest BCUT2D eigenvalue weighted by Crippen LogP contribution is -2.49. The molecule has 0 bridgehead atoms. The highest BCUT2D eigenvalue weighted by Gasteiger charge is 2.30. The summed E-state index contributed by atoms with van der Waals surface area (Å²) in [4.78, 5) is 11.7. The van der Waals surface area contributed by atoms with Gasteiger partial charge in [0.05, 0.1) is 0 Å². The standard InChI is InChI=1S/C23H37N3O2/c1-3-19(18-24)12-7-5-4-6-10-17-26-23(2,22(27)28)16-11-14-20-13-8-9-15-21(20)25/h4,6,8-9,11,13-15,19,26H,3,5,7,10,12,16-18,24-25H2,1-2H3,(H,27,28)/b6-4-,14-11+. The summed E-state index contributed by atoms with van der Waals surface area (Å²) in [5.41, 5.74) is 12.2. The number of hydrogen-bond acceptors (Lipinski definition) is 4. The van der Waals surface area contributed by atoms with Crippen molar-refractivity contribution in [1.29, 1.82) is 0 Å². The van der Waals surface area contributed by atoms with Gasteiger partial charge in [-0.05, 0) is 69.7 Å². The maximum atomic E-state index is 11.7. The highest BCUT2D eigenvalue weighted by Crippen LogP contribution is 2.16. The molecule has 1 aromatic carbocycles. The second-order valence-corrected chi connectivity index (χ2v) is 7.50. The second-order valence-electron chi connectivity index (χ2n) is 7.50. The van der Waals surface area contributed by atoms with Crippen molar-refractivity contribution >= 4 is 17.7 Å². The average Bonchev–Trinajstić information content (AvgIpc) is 2.68. The van der Waals surface area contributed by atoms with Crippen LogP contribution in [-0.2, 0) is 4.79 Å². The molecule has 5 heteroatoms. The molecule has 28 heavy (non-hydrogen) atoms. The molecule has 0 aromatic heterocycles. The van der Waals surface area contributed by atoms with Crippen LogP contribution in [0.1, 0.15) is 57.9 Å². The number of allylic oxidation sites excluding steroid dienone is 1. The smallest absolute Gasteiger partial charge is 0.323 e. The van der Waals surface area contributed by atoms with Crippen LogP contribution < -0.4 is 16.8 Å². The number of carboxylic acid groups (broad SMARTS) is 1. The molecule has 0 aliphatic carbocycles. The van der Waals surface area contributed by atoms with Crippen LogP contribution in [0.15, 0.2) is 42.5 Å². The van der Waals surface area contributed by atoms with Crippen molar-refractivity contribution in [2.45, 2.75) is 57.9 Å². The Balaban J connectivity index is 2.38. The van der Waals surface area contributed by atoms with Gasteiger partial charge in [-0.2, -0.15) is 0 Å². The third kappa shape index (κ3) is 8.72. The van der Waals surface area contributed by atoms with Crippen LogP contribution in [0.2, 0.25) is 0 Å². The van der Waals surface area contributed by atoms with Crippen LogP contribution in [-0.4, -0.2) is 29.7 Å². The molecule has 2 unspecified atom stereocenters. The van der Waals surface area contributed by atoms with Gasteiger partial charge in [0, 0.05) is 5.69 Å². The highest BCUT2D eigenvalue weighted by molar-refractivity contribution is 5.78. The van der Waals surface area contributed by atoms with Crippen molar-refractivity contribution in [2.75, 3.05) is 18.8 Å². The number of hydrogen-bond donors (Lipinski definition) is 4. The topological polar surface area (TPSA) is 101 Å². The zero-order chi connectivity index (χ0) is 20.8. The quantitative estimate of drug-likeness (QED) is 0.218. The van der Waals surface area contributed by atoms with Crippen molar-refractivity contribution in [1.82, 2.24) is 5.32 Å². The summed E-state index contributed by atoms with van der Waals surface area (Å²) in [5, 5.41) is 12.8. The predicted molar refractivity (Wildman–Crippen MR) is 119 cm³/mol. The Morgan fingerprint density at radius 1 is 1.25 bits per heavy atom. The maximum absolute atomic E-state index is 11.7. The van der Waals surface area contributed by atoms with Crippen molar-refractivity contribution in [3.63, 3.8) is 0 Å². The predicted octanol–water partition coefficient (Wildman–Crippen LogP) is 4.21. The van der Waals surface area contributed by atoms with E-state index < -0.39 is 11.5 Å². The number of benzene rings is 1. The van der Waals surface area contributed by atoms with Gasteiger partial charge in [-0.25, -0.2) is 0 Å². The molecule has 0 radical (unpaired) electrons. The minimum absolute atomic E-state index is 0.387. The molecule has 5 nitrogen and oxygen atoms in total. The molecule has 0 spiro atoms. The summed E-state index contributed by atoms with van der Waals surface area (Å²) in [6.45, 7) is 5.29. The van der Waals surface area contributed by atoms with Crippen molar-refractivity contribution in [2.24, 2.45) is 11.7 Å². The summed E-state index contributed by atoms with van der Waals surface area (Å²) in [6.07, 6.45) is 13.8. The molecule has 0 saturated carbocycles. The third-order valence-corrected chi connectivity index (χ3v) is 5.18. The van der Waals surface area contributed by atoms with Gasteiger partial charge in [-0.15, -0.1) is 0 Å². The van der Waals surface area contributed by atoms with E-state index in [1.165, 1.54) is 6.42 Å². The van der Waals surface area contributed by atoms with E-state index in [2.05, 4.69) is 24.4 Å². The van der Waals surface area contributed by atoms with Gasteiger partial charge < -0.3 is 21.9 Å². The lowest BCUT2D eigenvalue weighted by molar-refractivity contribution is -0.144. The first-order valence-electron chi connectivity index (χ1n) is 10.3. The van der Waals surface area contributed by atoms with E-state index in [1.807, 2.05) is 36.4 Å². The maximum Gasteiger partial charge on any atom is 0.323 e. The van der Waals surface area contributed by atoms with Gasteiger partial charge in [0.25, 0.3) is 0 Å². The van der Waals surface area contributed by atoms with Crippen LogP contribution >= 0.6 is 0 Å². The molecule has 0 amide bonds. The molecule has 2 atom stereocenters. The van der Waals surface area contributed by atoms with E-state index in [-0.39, 0.29) is 0 Å². The number of nitrogens with two attached hydrogens (primary N) is 2. The Bertz CT molecular complexity index is 638. The van der Waals surface area contributed by atoms with Crippen molar-refractivity contribution < 1.29 is 9.90 Å². The summed E-state index contributed by atoms with van der Waals surface area (Å²) < 4.78 is 0. The van der Waals surface area contributed by atoms with Crippen LogP contribution in [0.4, 0.5) is 5.69 Å². The van der Waals surface area contributed by atoms with E-state index in [1.54, 1.807) is 6.92 Å². The number of nitrogen functional groups attached to an aromatic ring is 1. The minimum Gasteiger partial charge on any atom is -0.480 e. The van der Waals surface area contributed by atoms with Gasteiger partial charge in [0.2, 0.25) is 0 Å². The monoisotopic (exact) mass is 387 g/mol. The van der Waals surface area contributed by atoms with E-state index in [4.69, 9.17) is 11.5 Å². The molecule has 1 aromatic rings. The Morgan fingerprint density at radius 3 is 2.61 bits per heavy atom. The molecule has 0 saturated heterocycles. The number of anilines is 1. The highest BCUT2D eigenvalue weighted by atomic mass is 16.4. The Hall–Kier alpha value is -2.11. The second kappa shape index (κ2) is 13.1. The van der Waals surface area contributed by atoms with Gasteiger partial charge in [-0.3, -0.25) is 4.79 Å². The SMILES string of the molecule is CCC(CN)CCC/C=C\CCNC(C)(C/C=C/c1ccccc1N)C(=O)O. The molecule has 0 heterocycles. The van der Waals surface area contributed by atoms with Gasteiger partial charge in [-0.1, -0.05) is 55.8 Å². The molecule has 156 valence electrons. The number of nitrogens with one attached hydrogen (secondary N) is 1. The lowest BCUT2D eigenvalue weighted by atomic mass is 9.96. The molecule has 0 fully saturated rings. The molecular formula is C23H37N3O2.